The van der Waals surface area contributed by atoms with Crippen molar-refractivity contribution < 1.29 is 13.2 Å². The molecule has 0 saturated heterocycles. The molecule has 2 N–H and O–H groups in total. The molecule has 0 aliphatic rings. The minimum Gasteiger partial charge on any atom is -0.385 e. The van der Waals surface area contributed by atoms with Crippen molar-refractivity contribution in [2.75, 3.05) is 32.6 Å². The van der Waals surface area contributed by atoms with Crippen molar-refractivity contribution >= 4 is 10.0 Å². The van der Waals surface area contributed by atoms with E-state index in [1.54, 1.807) is 7.11 Å². The molecule has 0 aliphatic heterocycles. The average molecular weight is 252 g/mol. The van der Waals surface area contributed by atoms with E-state index in [0.717, 1.165) is 6.54 Å². The van der Waals surface area contributed by atoms with Crippen molar-refractivity contribution in [2.45, 2.75) is 32.7 Å². The Bertz CT molecular complexity index is 253. The fourth-order valence-corrected chi connectivity index (χ4v) is 2.29. The maximum atomic E-state index is 11.5. The largest absolute Gasteiger partial charge is 0.385 e. The van der Waals surface area contributed by atoms with E-state index >= 15 is 0 Å². The van der Waals surface area contributed by atoms with Crippen LogP contribution in [0.15, 0.2) is 0 Å². The lowest BCUT2D eigenvalue weighted by Gasteiger charge is -2.09. The van der Waals surface area contributed by atoms with Crippen LogP contribution in [-0.4, -0.2) is 47.0 Å². The third-order valence-electron chi connectivity index (χ3n) is 1.99. The summed E-state index contributed by atoms with van der Waals surface area (Å²) in [4.78, 5) is 0. The minimum atomic E-state index is -3.11. The summed E-state index contributed by atoms with van der Waals surface area (Å²) >= 11 is 0. The van der Waals surface area contributed by atoms with E-state index in [0.29, 0.717) is 32.0 Å². The second kappa shape index (κ2) is 8.92. The number of hydrogen-bond donors (Lipinski definition) is 2. The van der Waals surface area contributed by atoms with Gasteiger partial charge in [0.1, 0.15) is 0 Å². The molecule has 0 aromatic carbocycles. The summed E-state index contributed by atoms with van der Waals surface area (Å²) in [6.45, 7) is 5.84. The van der Waals surface area contributed by atoms with Crippen LogP contribution in [-0.2, 0) is 14.8 Å². The molecule has 0 aromatic rings. The van der Waals surface area contributed by atoms with Crippen LogP contribution in [0.2, 0.25) is 0 Å². The van der Waals surface area contributed by atoms with Crippen molar-refractivity contribution in [1.29, 1.82) is 0 Å². The Hall–Kier alpha value is -0.170. The molecule has 0 aromatic heterocycles. The third-order valence-corrected chi connectivity index (χ3v) is 3.46. The van der Waals surface area contributed by atoms with Gasteiger partial charge < -0.3 is 10.1 Å². The number of hydrogen-bond acceptors (Lipinski definition) is 4. The minimum absolute atomic E-state index is 0.180. The van der Waals surface area contributed by atoms with Gasteiger partial charge >= 0.3 is 0 Å². The first-order valence-electron chi connectivity index (χ1n) is 5.67. The predicted molar refractivity (Wildman–Crippen MR) is 66.0 cm³/mol. The van der Waals surface area contributed by atoms with Gasteiger partial charge in [0.15, 0.2) is 0 Å². The Morgan fingerprint density at radius 3 is 2.44 bits per heavy atom. The second-order valence-electron chi connectivity index (χ2n) is 4.02. The molecule has 0 amide bonds. The quantitative estimate of drug-likeness (QED) is 0.550. The zero-order chi connectivity index (χ0) is 12.4. The van der Waals surface area contributed by atoms with Gasteiger partial charge in [-0.05, 0) is 19.4 Å². The van der Waals surface area contributed by atoms with Crippen molar-refractivity contribution in [1.82, 2.24) is 10.0 Å². The monoisotopic (exact) mass is 252 g/mol. The molecule has 0 saturated carbocycles. The molecule has 0 aliphatic carbocycles. The van der Waals surface area contributed by atoms with Crippen LogP contribution < -0.4 is 10.0 Å². The summed E-state index contributed by atoms with van der Waals surface area (Å²) in [7, 11) is -1.50. The highest BCUT2D eigenvalue weighted by molar-refractivity contribution is 7.89. The standard InChI is InChI=1S/C10H24N2O3S/c1-10(2)11-6-5-9-16(13,14)12-7-4-8-15-3/h10-12H,4-9H2,1-3H3. The number of sulfonamides is 1. The number of ether oxygens (including phenoxy) is 1. The molecule has 0 fully saturated rings. The molecular weight excluding hydrogens is 228 g/mol. The zero-order valence-electron chi connectivity index (χ0n) is 10.5. The second-order valence-corrected chi connectivity index (χ2v) is 5.95. The summed E-state index contributed by atoms with van der Waals surface area (Å²) in [5.41, 5.74) is 0. The predicted octanol–water partition coefficient (Wildman–Crippen LogP) is 0.330. The van der Waals surface area contributed by atoms with Crippen LogP contribution in [0.4, 0.5) is 0 Å². The van der Waals surface area contributed by atoms with Gasteiger partial charge in [-0.25, -0.2) is 13.1 Å². The lowest BCUT2D eigenvalue weighted by Crippen LogP contribution is -2.31. The summed E-state index contributed by atoms with van der Waals surface area (Å²) in [5.74, 6) is 0.180. The molecule has 6 heteroatoms. The van der Waals surface area contributed by atoms with Gasteiger partial charge in [-0.1, -0.05) is 13.8 Å². The molecule has 0 heterocycles. The van der Waals surface area contributed by atoms with Gasteiger partial charge in [-0.3, -0.25) is 0 Å². The van der Waals surface area contributed by atoms with Crippen molar-refractivity contribution in [3.8, 4) is 0 Å². The number of nitrogens with one attached hydrogen (secondary N) is 2. The molecule has 0 radical (unpaired) electrons. The molecule has 98 valence electrons. The highest BCUT2D eigenvalue weighted by Gasteiger charge is 2.08. The lowest BCUT2D eigenvalue weighted by molar-refractivity contribution is 0.196. The van der Waals surface area contributed by atoms with E-state index < -0.39 is 10.0 Å². The van der Waals surface area contributed by atoms with E-state index in [1.165, 1.54) is 0 Å². The maximum absolute atomic E-state index is 11.5. The normalized spacial score (nSPS) is 12.2. The molecule has 0 unspecified atom stereocenters. The Labute approximate surface area is 99.0 Å². The van der Waals surface area contributed by atoms with Crippen LogP contribution in [0.5, 0.6) is 0 Å². The molecule has 0 spiro atoms. The smallest absolute Gasteiger partial charge is 0.211 e. The first-order chi connectivity index (χ1) is 7.48. The Morgan fingerprint density at radius 1 is 1.19 bits per heavy atom. The molecule has 5 nitrogen and oxygen atoms in total. The highest BCUT2D eigenvalue weighted by Crippen LogP contribution is 1.90. The Morgan fingerprint density at radius 2 is 1.88 bits per heavy atom. The fourth-order valence-electron chi connectivity index (χ4n) is 1.17. The molecule has 0 bridgehead atoms. The maximum Gasteiger partial charge on any atom is 0.211 e. The summed E-state index contributed by atoms with van der Waals surface area (Å²) in [6.07, 6.45) is 1.35. The first kappa shape index (κ1) is 15.8. The van der Waals surface area contributed by atoms with Gasteiger partial charge in [-0.2, -0.15) is 0 Å². The van der Waals surface area contributed by atoms with E-state index in [1.807, 2.05) is 13.8 Å². The SMILES string of the molecule is COCCCNS(=O)(=O)CCCNC(C)C. The van der Waals surface area contributed by atoms with Crippen LogP contribution in [0.25, 0.3) is 0 Å². The number of methoxy groups -OCH3 is 1. The van der Waals surface area contributed by atoms with E-state index in [2.05, 4.69) is 10.0 Å². The highest BCUT2D eigenvalue weighted by atomic mass is 32.2. The van der Waals surface area contributed by atoms with Crippen molar-refractivity contribution in [3.05, 3.63) is 0 Å². The summed E-state index contributed by atoms with van der Waals surface area (Å²) in [6, 6.07) is 0.400. The zero-order valence-corrected chi connectivity index (χ0v) is 11.3. The third kappa shape index (κ3) is 10.4. The van der Waals surface area contributed by atoms with Gasteiger partial charge in [0.05, 0.1) is 5.75 Å². The Kier molecular flexibility index (Phi) is 8.83. The fraction of sp³-hybridized carbons (Fsp3) is 1.00. The Balaban J connectivity index is 3.55. The van der Waals surface area contributed by atoms with Crippen molar-refractivity contribution in [3.63, 3.8) is 0 Å². The van der Waals surface area contributed by atoms with Gasteiger partial charge in [0.2, 0.25) is 10.0 Å². The van der Waals surface area contributed by atoms with Gasteiger partial charge in [0, 0.05) is 26.3 Å². The van der Waals surface area contributed by atoms with Gasteiger partial charge in [0.25, 0.3) is 0 Å². The van der Waals surface area contributed by atoms with Crippen LogP contribution >= 0.6 is 0 Å². The summed E-state index contributed by atoms with van der Waals surface area (Å²) in [5, 5.41) is 3.18. The average Bonchev–Trinajstić information content (AvgIpc) is 2.19. The van der Waals surface area contributed by atoms with Crippen LogP contribution in [0.3, 0.4) is 0 Å². The van der Waals surface area contributed by atoms with Gasteiger partial charge in [-0.15, -0.1) is 0 Å². The molecule has 0 atom stereocenters. The van der Waals surface area contributed by atoms with Crippen molar-refractivity contribution in [2.24, 2.45) is 0 Å². The van der Waals surface area contributed by atoms with E-state index in [-0.39, 0.29) is 5.75 Å². The number of rotatable bonds is 10. The summed E-state index contributed by atoms with van der Waals surface area (Å²) < 4.78 is 30.3. The van der Waals surface area contributed by atoms with E-state index in [9.17, 15) is 8.42 Å². The van der Waals surface area contributed by atoms with Crippen LogP contribution in [0.1, 0.15) is 26.7 Å². The first-order valence-corrected chi connectivity index (χ1v) is 7.33. The topological polar surface area (TPSA) is 67.4 Å². The van der Waals surface area contributed by atoms with Crippen LogP contribution in [0, 0.1) is 0 Å². The molecular formula is C10H24N2O3S. The molecule has 0 rings (SSSR count). The lowest BCUT2D eigenvalue weighted by atomic mass is 10.4. The molecule has 16 heavy (non-hydrogen) atoms. The van der Waals surface area contributed by atoms with E-state index in [4.69, 9.17) is 4.74 Å².